The van der Waals surface area contributed by atoms with Gasteiger partial charge < -0.3 is 15.2 Å². The topological polar surface area (TPSA) is 62.3 Å². The van der Waals surface area contributed by atoms with Crippen molar-refractivity contribution in [2.45, 2.75) is 13.0 Å². The standard InChI is InChI=1S/C13H14BrN3O2/c1-18-12-6-8(2-3-10(12)14)17-11-4-5-19-7-9(11)13(15)16-17/h2-3,6H,4-5,7H2,1H3,(H2,15,16). The van der Waals surface area contributed by atoms with Crippen molar-refractivity contribution >= 4 is 21.7 Å². The molecule has 0 atom stereocenters. The maximum atomic E-state index is 5.95. The summed E-state index contributed by atoms with van der Waals surface area (Å²) in [6.45, 7) is 1.24. The Labute approximate surface area is 119 Å². The maximum absolute atomic E-state index is 5.95. The highest BCUT2D eigenvalue weighted by Crippen LogP contribution is 2.30. The molecule has 6 heteroatoms. The Kier molecular flexibility index (Phi) is 3.20. The van der Waals surface area contributed by atoms with Crippen LogP contribution in [0.4, 0.5) is 5.82 Å². The SMILES string of the molecule is COc1cc(-n2nc(N)c3c2CCOC3)ccc1Br. The van der Waals surface area contributed by atoms with Crippen molar-refractivity contribution in [3.05, 3.63) is 33.9 Å². The molecule has 2 aromatic rings. The molecule has 5 nitrogen and oxygen atoms in total. The minimum Gasteiger partial charge on any atom is -0.495 e. The molecule has 0 saturated carbocycles. The fourth-order valence-electron chi connectivity index (χ4n) is 2.26. The van der Waals surface area contributed by atoms with Crippen LogP contribution in [0.25, 0.3) is 5.69 Å². The Balaban J connectivity index is 2.12. The number of hydrogen-bond acceptors (Lipinski definition) is 4. The van der Waals surface area contributed by atoms with Gasteiger partial charge in [-0.3, -0.25) is 0 Å². The minimum atomic E-state index is 0.537. The van der Waals surface area contributed by atoms with E-state index in [-0.39, 0.29) is 0 Å². The van der Waals surface area contributed by atoms with E-state index < -0.39 is 0 Å². The van der Waals surface area contributed by atoms with Gasteiger partial charge in [0.2, 0.25) is 0 Å². The molecule has 0 fully saturated rings. The van der Waals surface area contributed by atoms with Gasteiger partial charge in [0.15, 0.2) is 5.82 Å². The lowest BCUT2D eigenvalue weighted by molar-refractivity contribution is 0.110. The highest BCUT2D eigenvalue weighted by Gasteiger charge is 2.20. The lowest BCUT2D eigenvalue weighted by atomic mass is 10.1. The molecule has 0 bridgehead atoms. The summed E-state index contributed by atoms with van der Waals surface area (Å²) in [5.41, 5.74) is 9.00. The number of ether oxygens (including phenoxy) is 2. The van der Waals surface area contributed by atoms with E-state index in [1.54, 1.807) is 7.11 Å². The second-order valence-electron chi connectivity index (χ2n) is 4.34. The van der Waals surface area contributed by atoms with Gasteiger partial charge >= 0.3 is 0 Å². The van der Waals surface area contributed by atoms with Gasteiger partial charge in [0.25, 0.3) is 0 Å². The number of methoxy groups -OCH3 is 1. The molecule has 1 aliphatic heterocycles. The molecule has 100 valence electrons. The molecule has 0 radical (unpaired) electrons. The zero-order valence-corrected chi connectivity index (χ0v) is 12.1. The number of anilines is 1. The first kappa shape index (κ1) is 12.5. The summed E-state index contributed by atoms with van der Waals surface area (Å²) in [5.74, 6) is 1.31. The van der Waals surface area contributed by atoms with E-state index in [1.807, 2.05) is 22.9 Å². The molecule has 1 aliphatic rings. The normalized spacial score (nSPS) is 14.2. The van der Waals surface area contributed by atoms with Crippen molar-refractivity contribution in [3.63, 3.8) is 0 Å². The Morgan fingerprint density at radius 2 is 2.32 bits per heavy atom. The number of hydrogen-bond donors (Lipinski definition) is 1. The molecular weight excluding hydrogens is 310 g/mol. The van der Waals surface area contributed by atoms with Crippen LogP contribution < -0.4 is 10.5 Å². The van der Waals surface area contributed by atoms with Crippen LogP contribution in [0.5, 0.6) is 5.75 Å². The number of rotatable bonds is 2. The number of fused-ring (bicyclic) bond motifs is 1. The molecule has 2 heterocycles. The first-order chi connectivity index (χ1) is 9.20. The molecule has 0 aliphatic carbocycles. The first-order valence-corrected chi connectivity index (χ1v) is 6.78. The van der Waals surface area contributed by atoms with Crippen LogP contribution in [0.2, 0.25) is 0 Å². The van der Waals surface area contributed by atoms with Crippen LogP contribution in [-0.2, 0) is 17.8 Å². The third-order valence-electron chi connectivity index (χ3n) is 3.23. The van der Waals surface area contributed by atoms with Gasteiger partial charge in [0.1, 0.15) is 5.75 Å². The monoisotopic (exact) mass is 323 g/mol. The van der Waals surface area contributed by atoms with E-state index in [1.165, 1.54) is 0 Å². The van der Waals surface area contributed by atoms with Crippen molar-refractivity contribution in [3.8, 4) is 11.4 Å². The molecule has 0 spiro atoms. The van der Waals surface area contributed by atoms with Crippen LogP contribution in [-0.4, -0.2) is 23.5 Å². The number of nitrogens with two attached hydrogens (primary N) is 1. The first-order valence-electron chi connectivity index (χ1n) is 5.98. The Bertz CT molecular complexity index is 625. The Morgan fingerprint density at radius 3 is 3.11 bits per heavy atom. The molecule has 3 rings (SSSR count). The Morgan fingerprint density at radius 1 is 1.47 bits per heavy atom. The molecular formula is C13H14BrN3O2. The predicted octanol–water partition coefficient (Wildman–Crippen LogP) is 2.30. The summed E-state index contributed by atoms with van der Waals surface area (Å²) in [5, 5.41) is 4.41. The summed E-state index contributed by atoms with van der Waals surface area (Å²) < 4.78 is 13.5. The zero-order chi connectivity index (χ0) is 13.4. The number of nitrogen functional groups attached to an aromatic ring is 1. The largest absolute Gasteiger partial charge is 0.495 e. The second kappa shape index (κ2) is 4.86. The summed E-state index contributed by atoms with van der Waals surface area (Å²) in [7, 11) is 1.64. The number of benzene rings is 1. The third kappa shape index (κ3) is 2.11. The van der Waals surface area contributed by atoms with Gasteiger partial charge in [0.05, 0.1) is 36.2 Å². The molecule has 19 heavy (non-hydrogen) atoms. The molecule has 0 saturated heterocycles. The summed E-state index contributed by atoms with van der Waals surface area (Å²) in [4.78, 5) is 0. The number of halogens is 1. The lowest BCUT2D eigenvalue weighted by Crippen LogP contribution is -2.13. The van der Waals surface area contributed by atoms with Gasteiger partial charge in [-0.25, -0.2) is 4.68 Å². The van der Waals surface area contributed by atoms with E-state index in [0.29, 0.717) is 19.0 Å². The Hall–Kier alpha value is -1.53. The van der Waals surface area contributed by atoms with Crippen LogP contribution >= 0.6 is 15.9 Å². The third-order valence-corrected chi connectivity index (χ3v) is 3.88. The van der Waals surface area contributed by atoms with Gasteiger partial charge in [-0.15, -0.1) is 0 Å². The highest BCUT2D eigenvalue weighted by atomic mass is 79.9. The van der Waals surface area contributed by atoms with Crippen molar-refractivity contribution in [2.24, 2.45) is 0 Å². The number of aromatic nitrogens is 2. The van der Waals surface area contributed by atoms with E-state index in [2.05, 4.69) is 21.0 Å². The quantitative estimate of drug-likeness (QED) is 0.921. The number of nitrogens with zero attached hydrogens (tertiary/aromatic N) is 2. The van der Waals surface area contributed by atoms with E-state index in [9.17, 15) is 0 Å². The second-order valence-corrected chi connectivity index (χ2v) is 5.20. The van der Waals surface area contributed by atoms with E-state index in [0.717, 1.165) is 33.6 Å². The average Bonchev–Trinajstić information content (AvgIpc) is 2.77. The molecule has 1 aromatic carbocycles. The minimum absolute atomic E-state index is 0.537. The van der Waals surface area contributed by atoms with Gasteiger partial charge in [0, 0.05) is 18.1 Å². The summed E-state index contributed by atoms with van der Waals surface area (Å²) in [6, 6.07) is 5.86. The average molecular weight is 324 g/mol. The fraction of sp³-hybridized carbons (Fsp3) is 0.308. The van der Waals surface area contributed by atoms with E-state index >= 15 is 0 Å². The van der Waals surface area contributed by atoms with Crippen molar-refractivity contribution in [1.82, 2.24) is 9.78 Å². The fourth-order valence-corrected chi connectivity index (χ4v) is 2.66. The maximum Gasteiger partial charge on any atom is 0.151 e. The molecule has 1 aromatic heterocycles. The van der Waals surface area contributed by atoms with Gasteiger partial charge in [-0.05, 0) is 28.1 Å². The van der Waals surface area contributed by atoms with Crippen LogP contribution in [0.15, 0.2) is 22.7 Å². The lowest BCUT2D eigenvalue weighted by Gasteiger charge is -2.15. The zero-order valence-electron chi connectivity index (χ0n) is 10.5. The molecule has 0 unspecified atom stereocenters. The van der Waals surface area contributed by atoms with Crippen molar-refractivity contribution in [2.75, 3.05) is 19.5 Å². The van der Waals surface area contributed by atoms with E-state index in [4.69, 9.17) is 15.2 Å². The van der Waals surface area contributed by atoms with Gasteiger partial charge in [-0.1, -0.05) is 0 Å². The smallest absolute Gasteiger partial charge is 0.151 e. The van der Waals surface area contributed by atoms with Crippen LogP contribution in [0.3, 0.4) is 0 Å². The van der Waals surface area contributed by atoms with Crippen molar-refractivity contribution in [1.29, 1.82) is 0 Å². The van der Waals surface area contributed by atoms with Crippen molar-refractivity contribution < 1.29 is 9.47 Å². The van der Waals surface area contributed by atoms with Crippen LogP contribution in [0, 0.1) is 0 Å². The highest BCUT2D eigenvalue weighted by molar-refractivity contribution is 9.10. The molecule has 2 N–H and O–H groups in total. The predicted molar refractivity (Wildman–Crippen MR) is 75.6 cm³/mol. The molecule has 0 amide bonds. The summed E-state index contributed by atoms with van der Waals surface area (Å²) >= 11 is 3.44. The summed E-state index contributed by atoms with van der Waals surface area (Å²) in [6.07, 6.45) is 0.817. The van der Waals surface area contributed by atoms with Crippen LogP contribution in [0.1, 0.15) is 11.3 Å². The van der Waals surface area contributed by atoms with Gasteiger partial charge in [-0.2, -0.15) is 5.10 Å².